The zero-order chi connectivity index (χ0) is 30.1. The number of amides is 1. The molecule has 0 saturated carbocycles. The van der Waals surface area contributed by atoms with Crippen molar-refractivity contribution in [3.05, 3.63) is 99.0 Å². The van der Waals surface area contributed by atoms with Crippen LogP contribution in [-0.4, -0.2) is 26.8 Å². The molecular formula is C29H25Cl2F2N5O3. The predicted octanol–water partition coefficient (Wildman–Crippen LogP) is 6.51. The Labute approximate surface area is 245 Å². The van der Waals surface area contributed by atoms with Gasteiger partial charge in [0.25, 0.3) is 0 Å². The van der Waals surface area contributed by atoms with Crippen molar-refractivity contribution >= 4 is 40.7 Å². The van der Waals surface area contributed by atoms with Gasteiger partial charge in [0, 0.05) is 42.7 Å². The van der Waals surface area contributed by atoms with Crippen LogP contribution in [0.3, 0.4) is 0 Å². The van der Waals surface area contributed by atoms with Gasteiger partial charge in [-0.05, 0) is 52.0 Å². The average molecular weight is 600 g/mol. The Morgan fingerprint density at radius 2 is 1.88 bits per heavy atom. The molecule has 1 aromatic carbocycles. The molecule has 1 aliphatic rings. The Bertz CT molecular complexity index is 1650. The zero-order valence-electron chi connectivity index (χ0n) is 22.7. The average Bonchev–Trinajstić information content (AvgIpc) is 2.90. The van der Waals surface area contributed by atoms with Crippen molar-refractivity contribution in [3.8, 4) is 11.4 Å². The van der Waals surface area contributed by atoms with E-state index in [9.17, 15) is 18.4 Å². The summed E-state index contributed by atoms with van der Waals surface area (Å²) in [6, 6.07) is 6.44. The van der Waals surface area contributed by atoms with Gasteiger partial charge in [0.15, 0.2) is 17.5 Å². The van der Waals surface area contributed by atoms with Gasteiger partial charge in [-0.3, -0.25) is 9.78 Å². The molecule has 41 heavy (non-hydrogen) atoms. The molecule has 212 valence electrons. The summed E-state index contributed by atoms with van der Waals surface area (Å²) in [6.07, 6.45) is 3.67. The molecular weight excluding hydrogens is 575 g/mol. The van der Waals surface area contributed by atoms with Crippen LogP contribution >= 0.6 is 23.2 Å². The minimum atomic E-state index is -0.854. The van der Waals surface area contributed by atoms with Crippen molar-refractivity contribution in [2.75, 3.05) is 4.90 Å². The molecule has 1 atom stereocenters. The minimum absolute atomic E-state index is 0.0872. The SMILES string of the molecule is CC(=O)NC(C)(C)c1nccc(-c2cc(N3C(=C=O)C(Cl)=C(OC(C)c4ccc(F)cc4F)C=C3C)c(Cl)cn2)n1. The van der Waals surface area contributed by atoms with Gasteiger partial charge in [-0.2, -0.15) is 0 Å². The number of aromatic nitrogens is 3. The first-order valence-corrected chi connectivity index (χ1v) is 13.1. The third-order valence-electron chi connectivity index (χ3n) is 6.18. The van der Waals surface area contributed by atoms with Crippen molar-refractivity contribution in [2.24, 2.45) is 0 Å². The number of hydrogen-bond donors (Lipinski definition) is 1. The van der Waals surface area contributed by atoms with E-state index in [4.69, 9.17) is 27.9 Å². The van der Waals surface area contributed by atoms with Gasteiger partial charge in [0.05, 0.1) is 27.6 Å². The largest absolute Gasteiger partial charge is 0.484 e. The van der Waals surface area contributed by atoms with Gasteiger partial charge in [0.2, 0.25) is 5.91 Å². The van der Waals surface area contributed by atoms with Gasteiger partial charge in [-0.1, -0.05) is 23.2 Å². The van der Waals surface area contributed by atoms with Crippen molar-refractivity contribution < 1.29 is 23.1 Å². The molecule has 1 aliphatic heterocycles. The fraction of sp³-hybridized carbons (Fsp3) is 0.241. The first-order valence-electron chi connectivity index (χ1n) is 12.4. The number of halogens is 4. The summed E-state index contributed by atoms with van der Waals surface area (Å²) < 4.78 is 33.6. The highest BCUT2D eigenvalue weighted by molar-refractivity contribution is 6.35. The fourth-order valence-corrected chi connectivity index (χ4v) is 4.73. The zero-order valence-corrected chi connectivity index (χ0v) is 24.2. The number of benzene rings is 1. The van der Waals surface area contributed by atoms with Gasteiger partial charge >= 0.3 is 0 Å². The van der Waals surface area contributed by atoms with Crippen LogP contribution in [0.1, 0.15) is 52.1 Å². The molecule has 4 rings (SSSR count). The molecule has 0 fully saturated rings. The molecule has 1 unspecified atom stereocenters. The van der Waals surface area contributed by atoms with Crippen LogP contribution in [0.15, 0.2) is 71.0 Å². The highest BCUT2D eigenvalue weighted by Crippen LogP contribution is 2.41. The normalized spacial score (nSPS) is 14.4. The van der Waals surface area contributed by atoms with Crippen LogP contribution in [0.25, 0.3) is 11.4 Å². The predicted molar refractivity (Wildman–Crippen MR) is 151 cm³/mol. The topological polar surface area (TPSA) is 97.3 Å². The third-order valence-corrected chi connectivity index (χ3v) is 6.84. The summed E-state index contributed by atoms with van der Waals surface area (Å²) in [5.74, 6) is 0.583. The second-order valence-electron chi connectivity index (χ2n) is 9.77. The lowest BCUT2D eigenvalue weighted by atomic mass is 10.0. The Hall–Kier alpha value is -4.11. The van der Waals surface area contributed by atoms with Gasteiger partial charge in [0.1, 0.15) is 28.5 Å². The summed E-state index contributed by atoms with van der Waals surface area (Å²) in [5, 5.41) is 2.93. The highest BCUT2D eigenvalue weighted by Gasteiger charge is 2.30. The van der Waals surface area contributed by atoms with Crippen LogP contribution in [0.4, 0.5) is 14.5 Å². The smallest absolute Gasteiger partial charge is 0.217 e. The van der Waals surface area contributed by atoms with E-state index in [1.165, 1.54) is 24.1 Å². The lowest BCUT2D eigenvalue weighted by Crippen LogP contribution is -2.41. The lowest BCUT2D eigenvalue weighted by Gasteiger charge is -2.31. The Balaban J connectivity index is 1.69. The van der Waals surface area contributed by atoms with Crippen LogP contribution in [0.5, 0.6) is 0 Å². The van der Waals surface area contributed by atoms with E-state index in [1.807, 2.05) is 5.94 Å². The quantitative estimate of drug-likeness (QED) is 0.309. The van der Waals surface area contributed by atoms with Crippen LogP contribution in [0.2, 0.25) is 5.02 Å². The van der Waals surface area contributed by atoms with Crippen LogP contribution in [-0.2, 0) is 19.9 Å². The summed E-state index contributed by atoms with van der Waals surface area (Å²) >= 11 is 13.1. The van der Waals surface area contributed by atoms with E-state index in [1.54, 1.807) is 52.1 Å². The lowest BCUT2D eigenvalue weighted by molar-refractivity contribution is -0.120. The molecule has 1 N–H and O–H groups in total. The van der Waals surface area contributed by atoms with Gasteiger partial charge in [-0.15, -0.1) is 0 Å². The summed E-state index contributed by atoms with van der Waals surface area (Å²) in [7, 11) is 0. The van der Waals surface area contributed by atoms with Gasteiger partial charge < -0.3 is 15.0 Å². The van der Waals surface area contributed by atoms with Crippen LogP contribution < -0.4 is 10.2 Å². The van der Waals surface area contributed by atoms with Gasteiger partial charge in [-0.25, -0.2) is 23.5 Å². The van der Waals surface area contributed by atoms with E-state index < -0.39 is 23.3 Å². The Morgan fingerprint density at radius 1 is 1.15 bits per heavy atom. The van der Waals surface area contributed by atoms with Crippen LogP contribution in [0, 0.1) is 11.6 Å². The molecule has 2 aromatic heterocycles. The summed E-state index contributed by atoms with van der Waals surface area (Å²) in [6.45, 7) is 8.22. The second-order valence-corrected chi connectivity index (χ2v) is 10.6. The molecule has 0 aliphatic carbocycles. The number of anilines is 1. The molecule has 12 heteroatoms. The molecule has 1 amide bonds. The molecule has 0 bridgehead atoms. The van der Waals surface area contributed by atoms with Crippen molar-refractivity contribution in [2.45, 2.75) is 46.3 Å². The molecule has 3 aromatic rings. The van der Waals surface area contributed by atoms with Crippen molar-refractivity contribution in [1.29, 1.82) is 0 Å². The molecule has 8 nitrogen and oxygen atoms in total. The first-order chi connectivity index (χ1) is 19.3. The summed E-state index contributed by atoms with van der Waals surface area (Å²) in [5.41, 5.74) is 0.876. The number of nitrogens with one attached hydrogen (secondary N) is 1. The number of pyridine rings is 1. The Morgan fingerprint density at radius 3 is 2.54 bits per heavy atom. The minimum Gasteiger partial charge on any atom is -0.484 e. The standard InChI is InChI=1S/C29H25Cl2F2N5O3/c1-15-10-26(41-16(2)19-7-6-18(32)11-21(19)33)27(31)25(14-39)38(15)24-12-23(35-13-20(24)30)22-8-9-34-28(36-22)29(4,5)37-17(3)40/h6-13,16H,1-5H3,(H,37,40). The number of ether oxygens (including phenoxy) is 1. The van der Waals surface area contributed by atoms with E-state index in [0.29, 0.717) is 28.6 Å². The number of rotatable bonds is 7. The molecule has 3 heterocycles. The highest BCUT2D eigenvalue weighted by atomic mass is 35.5. The maximum Gasteiger partial charge on any atom is 0.217 e. The molecule has 0 radical (unpaired) electrons. The molecule has 0 saturated heterocycles. The second kappa shape index (κ2) is 11.8. The van der Waals surface area contributed by atoms with E-state index in [-0.39, 0.29) is 33.0 Å². The first kappa shape index (κ1) is 29.9. The number of hydrogen-bond acceptors (Lipinski definition) is 7. The maximum absolute atomic E-state index is 14.3. The maximum atomic E-state index is 14.3. The summed E-state index contributed by atoms with van der Waals surface area (Å²) in [4.78, 5) is 38.6. The number of allylic oxidation sites excluding steroid dienone is 3. The molecule has 0 spiro atoms. The number of nitrogens with zero attached hydrogens (tertiary/aromatic N) is 4. The fourth-order valence-electron chi connectivity index (χ4n) is 4.32. The van der Waals surface area contributed by atoms with E-state index >= 15 is 0 Å². The van der Waals surface area contributed by atoms with E-state index in [2.05, 4.69) is 20.3 Å². The monoisotopic (exact) mass is 599 g/mol. The third kappa shape index (κ3) is 6.30. The van der Waals surface area contributed by atoms with Crippen molar-refractivity contribution in [1.82, 2.24) is 20.3 Å². The number of carbonyl (C=O) groups is 1. The van der Waals surface area contributed by atoms with Crippen molar-refractivity contribution in [3.63, 3.8) is 0 Å². The van der Waals surface area contributed by atoms with E-state index in [0.717, 1.165) is 12.1 Å². The number of carbonyl (C=O) groups excluding carboxylic acids is 2. The Kier molecular flexibility index (Phi) is 8.58.